The van der Waals surface area contributed by atoms with Gasteiger partial charge in [0.25, 0.3) is 5.91 Å². The molecule has 1 heterocycles. The number of rotatable bonds is 5. The number of ether oxygens (including phenoxy) is 1. The van der Waals surface area contributed by atoms with Crippen LogP contribution >= 0.6 is 11.3 Å². The van der Waals surface area contributed by atoms with Gasteiger partial charge < -0.3 is 9.30 Å². The molecular formula is C19H18N2O2S. The normalized spacial score (nSPS) is 11.6. The molecule has 4 nitrogen and oxygen atoms in total. The van der Waals surface area contributed by atoms with Crippen molar-refractivity contribution in [2.24, 2.45) is 4.99 Å². The van der Waals surface area contributed by atoms with Gasteiger partial charge in [-0.3, -0.25) is 4.79 Å². The number of nitrogens with zero attached hydrogens (tertiary/aromatic N) is 2. The van der Waals surface area contributed by atoms with E-state index in [9.17, 15) is 4.79 Å². The van der Waals surface area contributed by atoms with E-state index in [0.29, 0.717) is 23.5 Å². The van der Waals surface area contributed by atoms with Crippen LogP contribution in [0.1, 0.15) is 17.3 Å². The molecule has 0 spiro atoms. The van der Waals surface area contributed by atoms with Crippen LogP contribution in [-0.2, 0) is 6.54 Å². The first-order valence-electron chi connectivity index (χ1n) is 7.74. The molecule has 0 radical (unpaired) electrons. The highest BCUT2D eigenvalue weighted by Gasteiger charge is 2.12. The predicted molar refractivity (Wildman–Crippen MR) is 97.5 cm³/mol. The maximum absolute atomic E-state index is 12.4. The SMILES string of the molecule is C=CCn1c(=NC(=O)c2ccccc2)sc2cccc(OCC)c21. The average Bonchev–Trinajstić information content (AvgIpc) is 2.95. The number of carbonyl (C=O) groups is 1. The molecule has 0 saturated heterocycles. The first kappa shape index (κ1) is 16.2. The molecule has 0 atom stereocenters. The van der Waals surface area contributed by atoms with Gasteiger partial charge in [0.15, 0.2) is 4.80 Å². The first-order valence-corrected chi connectivity index (χ1v) is 8.56. The molecule has 3 rings (SSSR count). The van der Waals surface area contributed by atoms with Crippen molar-refractivity contribution in [2.75, 3.05) is 6.61 Å². The van der Waals surface area contributed by atoms with Gasteiger partial charge in [0, 0.05) is 12.1 Å². The zero-order valence-corrected chi connectivity index (χ0v) is 14.3. The summed E-state index contributed by atoms with van der Waals surface area (Å²) in [4.78, 5) is 17.4. The number of fused-ring (bicyclic) bond motifs is 1. The Hall–Kier alpha value is -2.66. The number of aromatic nitrogens is 1. The van der Waals surface area contributed by atoms with Gasteiger partial charge in [-0.2, -0.15) is 4.99 Å². The topological polar surface area (TPSA) is 43.6 Å². The highest BCUT2D eigenvalue weighted by atomic mass is 32.1. The van der Waals surface area contributed by atoms with Crippen molar-refractivity contribution in [3.05, 3.63) is 71.6 Å². The van der Waals surface area contributed by atoms with Crippen LogP contribution in [0, 0.1) is 0 Å². The lowest BCUT2D eigenvalue weighted by molar-refractivity contribution is 0.0998. The van der Waals surface area contributed by atoms with Crippen LogP contribution in [0.15, 0.2) is 66.2 Å². The van der Waals surface area contributed by atoms with E-state index in [2.05, 4.69) is 11.6 Å². The fourth-order valence-electron chi connectivity index (χ4n) is 2.49. The maximum Gasteiger partial charge on any atom is 0.279 e. The summed E-state index contributed by atoms with van der Waals surface area (Å²) >= 11 is 1.47. The molecular weight excluding hydrogens is 320 g/mol. The second kappa shape index (κ2) is 7.27. The van der Waals surface area contributed by atoms with Crippen molar-refractivity contribution in [1.82, 2.24) is 4.57 Å². The molecule has 0 unspecified atom stereocenters. The zero-order valence-electron chi connectivity index (χ0n) is 13.4. The molecule has 2 aromatic carbocycles. The van der Waals surface area contributed by atoms with E-state index in [1.807, 2.05) is 47.9 Å². The molecule has 24 heavy (non-hydrogen) atoms. The second-order valence-corrected chi connectivity index (χ2v) is 6.11. The lowest BCUT2D eigenvalue weighted by Gasteiger charge is -2.07. The van der Waals surface area contributed by atoms with Gasteiger partial charge in [-0.15, -0.1) is 6.58 Å². The average molecular weight is 338 g/mol. The molecule has 1 aromatic heterocycles. The quantitative estimate of drug-likeness (QED) is 0.659. The number of hydrogen-bond acceptors (Lipinski definition) is 3. The van der Waals surface area contributed by atoms with Crippen molar-refractivity contribution in [3.63, 3.8) is 0 Å². The van der Waals surface area contributed by atoms with E-state index < -0.39 is 0 Å². The van der Waals surface area contributed by atoms with Crippen molar-refractivity contribution in [1.29, 1.82) is 0 Å². The van der Waals surface area contributed by atoms with Crippen LogP contribution < -0.4 is 9.54 Å². The van der Waals surface area contributed by atoms with Gasteiger partial charge in [0.05, 0.1) is 11.3 Å². The Labute approximate surface area is 144 Å². The van der Waals surface area contributed by atoms with Crippen LogP contribution in [0.4, 0.5) is 0 Å². The van der Waals surface area contributed by atoms with Crippen LogP contribution in [0.5, 0.6) is 5.75 Å². The number of benzene rings is 2. The van der Waals surface area contributed by atoms with E-state index in [1.54, 1.807) is 18.2 Å². The molecule has 122 valence electrons. The summed E-state index contributed by atoms with van der Waals surface area (Å²) in [6.45, 7) is 6.91. The molecule has 0 aliphatic rings. The van der Waals surface area contributed by atoms with Gasteiger partial charge >= 0.3 is 0 Å². The summed E-state index contributed by atoms with van der Waals surface area (Å²) in [5, 5.41) is 0. The largest absolute Gasteiger partial charge is 0.492 e. The number of carbonyl (C=O) groups excluding carboxylic acids is 1. The smallest absolute Gasteiger partial charge is 0.279 e. The van der Waals surface area contributed by atoms with Gasteiger partial charge in [0.2, 0.25) is 0 Å². The summed E-state index contributed by atoms with van der Waals surface area (Å²) < 4.78 is 8.74. The van der Waals surface area contributed by atoms with Gasteiger partial charge in [-0.1, -0.05) is 41.7 Å². The molecule has 0 saturated carbocycles. The van der Waals surface area contributed by atoms with E-state index in [4.69, 9.17) is 4.74 Å². The zero-order chi connectivity index (χ0) is 16.9. The summed E-state index contributed by atoms with van der Waals surface area (Å²) in [5.41, 5.74) is 1.52. The number of hydrogen-bond donors (Lipinski definition) is 0. The minimum absolute atomic E-state index is 0.252. The Bertz CT molecular complexity index is 939. The molecule has 0 aliphatic heterocycles. The molecule has 1 amide bonds. The third-order valence-electron chi connectivity index (χ3n) is 3.49. The number of thiazole rings is 1. The first-order chi connectivity index (χ1) is 11.7. The van der Waals surface area contributed by atoms with E-state index in [1.165, 1.54) is 11.3 Å². The molecule has 5 heteroatoms. The van der Waals surface area contributed by atoms with Gasteiger partial charge in [-0.05, 0) is 31.2 Å². The monoisotopic (exact) mass is 338 g/mol. The van der Waals surface area contributed by atoms with Crippen molar-refractivity contribution in [3.8, 4) is 5.75 Å². The van der Waals surface area contributed by atoms with Crippen molar-refractivity contribution < 1.29 is 9.53 Å². The summed E-state index contributed by atoms with van der Waals surface area (Å²) in [5.74, 6) is 0.541. The number of allylic oxidation sites excluding steroid dienone is 1. The van der Waals surface area contributed by atoms with Crippen LogP contribution in [0.2, 0.25) is 0 Å². The van der Waals surface area contributed by atoms with E-state index in [0.717, 1.165) is 16.0 Å². The maximum atomic E-state index is 12.4. The highest BCUT2D eigenvalue weighted by Crippen LogP contribution is 2.27. The fraction of sp³-hybridized carbons (Fsp3) is 0.158. The molecule has 0 bridgehead atoms. The molecule has 0 N–H and O–H groups in total. The minimum atomic E-state index is -0.252. The molecule has 3 aromatic rings. The molecule has 0 aliphatic carbocycles. The lowest BCUT2D eigenvalue weighted by Crippen LogP contribution is -2.16. The molecule has 0 fully saturated rings. The Kier molecular flexibility index (Phi) is 4.91. The number of para-hydroxylation sites is 1. The standard InChI is InChI=1S/C19H18N2O2S/c1-3-13-21-17-15(23-4-2)11-8-12-16(17)24-19(21)20-18(22)14-9-6-5-7-10-14/h3,5-12H,1,4,13H2,2H3. The van der Waals surface area contributed by atoms with Crippen molar-refractivity contribution >= 4 is 27.5 Å². The fourth-order valence-corrected chi connectivity index (χ4v) is 3.54. The lowest BCUT2D eigenvalue weighted by atomic mass is 10.2. The van der Waals surface area contributed by atoms with Gasteiger partial charge in [-0.25, -0.2) is 0 Å². The second-order valence-electron chi connectivity index (χ2n) is 5.10. The van der Waals surface area contributed by atoms with Crippen LogP contribution in [-0.4, -0.2) is 17.1 Å². The highest BCUT2D eigenvalue weighted by molar-refractivity contribution is 7.16. The Morgan fingerprint density at radius 1 is 1.25 bits per heavy atom. The van der Waals surface area contributed by atoms with Crippen LogP contribution in [0.3, 0.4) is 0 Å². The summed E-state index contributed by atoms with van der Waals surface area (Å²) in [7, 11) is 0. The predicted octanol–water partition coefficient (Wildman–Crippen LogP) is 4.03. The van der Waals surface area contributed by atoms with E-state index >= 15 is 0 Å². The van der Waals surface area contributed by atoms with Crippen molar-refractivity contribution in [2.45, 2.75) is 13.5 Å². The third-order valence-corrected chi connectivity index (χ3v) is 4.54. The van der Waals surface area contributed by atoms with E-state index in [-0.39, 0.29) is 5.91 Å². The van der Waals surface area contributed by atoms with Gasteiger partial charge in [0.1, 0.15) is 11.3 Å². The Balaban J connectivity index is 2.19. The summed E-state index contributed by atoms with van der Waals surface area (Å²) in [6.07, 6.45) is 1.79. The third kappa shape index (κ3) is 3.16. The van der Waals surface area contributed by atoms with Crippen LogP contribution in [0.25, 0.3) is 10.2 Å². The summed E-state index contributed by atoms with van der Waals surface area (Å²) in [6, 6.07) is 15.0. The Morgan fingerprint density at radius 2 is 2.04 bits per heavy atom. The number of amides is 1. The Morgan fingerprint density at radius 3 is 2.75 bits per heavy atom. The minimum Gasteiger partial charge on any atom is -0.492 e.